The molecular weight excluding hydrogens is 470 g/mol. The molecule has 0 saturated carbocycles. The molecule has 0 aliphatic rings. The minimum absolute atomic E-state index is 0.195. The summed E-state index contributed by atoms with van der Waals surface area (Å²) in [4.78, 5) is 53.0. The Morgan fingerprint density at radius 2 is 1.89 bits per heavy atom. The number of aromatic amines is 1. The molecule has 37 heavy (non-hydrogen) atoms. The van der Waals surface area contributed by atoms with Crippen LogP contribution < -0.4 is 16.6 Å². The van der Waals surface area contributed by atoms with Crippen LogP contribution in [0.25, 0.3) is 38.9 Å². The third-order valence-electron chi connectivity index (χ3n) is 6.05. The first-order valence-corrected chi connectivity index (χ1v) is 11.4. The summed E-state index contributed by atoms with van der Waals surface area (Å²) in [6.45, 7) is 4.98. The van der Waals surface area contributed by atoms with Crippen LogP contribution in [0.4, 0.5) is 5.82 Å². The van der Waals surface area contributed by atoms with E-state index >= 15 is 0 Å². The van der Waals surface area contributed by atoms with E-state index in [1.165, 1.54) is 17.7 Å². The molecule has 10 heteroatoms. The van der Waals surface area contributed by atoms with Crippen molar-refractivity contribution in [2.24, 2.45) is 0 Å². The van der Waals surface area contributed by atoms with Crippen LogP contribution in [-0.4, -0.2) is 30.4 Å². The maximum atomic E-state index is 13.2. The molecular formula is C27H21N7O3. The average Bonchev–Trinajstić information content (AvgIpc) is 2.88. The lowest BCUT2D eigenvalue weighted by atomic mass is 9.86. The number of aromatic nitrogens is 5. The number of nitrogens with zero attached hydrogens (tertiary/aromatic N) is 5. The van der Waals surface area contributed by atoms with Crippen molar-refractivity contribution in [3.63, 3.8) is 0 Å². The van der Waals surface area contributed by atoms with E-state index in [4.69, 9.17) is 4.98 Å². The van der Waals surface area contributed by atoms with Gasteiger partial charge in [-0.1, -0.05) is 12.1 Å². The van der Waals surface area contributed by atoms with Gasteiger partial charge in [-0.05, 0) is 55.8 Å². The Hall–Kier alpha value is -5.17. The van der Waals surface area contributed by atoms with Crippen LogP contribution in [0.15, 0.2) is 70.5 Å². The lowest BCUT2D eigenvalue weighted by Gasteiger charge is -2.18. The first kappa shape index (κ1) is 23.6. The van der Waals surface area contributed by atoms with E-state index in [1.807, 2.05) is 6.07 Å². The van der Waals surface area contributed by atoms with Crippen LogP contribution in [-0.2, 0) is 10.2 Å². The van der Waals surface area contributed by atoms with E-state index in [0.717, 1.165) is 5.56 Å². The van der Waals surface area contributed by atoms with E-state index in [2.05, 4.69) is 26.3 Å². The average molecular weight is 492 g/mol. The molecule has 0 aliphatic carbocycles. The van der Waals surface area contributed by atoms with Gasteiger partial charge in [-0.15, -0.1) is 0 Å². The Kier molecular flexibility index (Phi) is 5.61. The minimum Gasteiger partial charge on any atom is -0.311 e. The van der Waals surface area contributed by atoms with Gasteiger partial charge in [0.25, 0.3) is 5.56 Å². The molecule has 0 atom stereocenters. The van der Waals surface area contributed by atoms with Crippen molar-refractivity contribution in [3.8, 4) is 23.0 Å². The smallest absolute Gasteiger partial charge is 0.311 e. The molecule has 0 saturated heterocycles. The van der Waals surface area contributed by atoms with E-state index in [9.17, 15) is 19.6 Å². The largest absolute Gasteiger partial charge is 0.333 e. The molecule has 5 rings (SSSR count). The number of H-pyrrole nitrogens is 1. The summed E-state index contributed by atoms with van der Waals surface area (Å²) in [5.41, 5.74) is 1.56. The molecule has 182 valence electrons. The van der Waals surface area contributed by atoms with E-state index < -0.39 is 16.7 Å². The highest BCUT2D eigenvalue weighted by Crippen LogP contribution is 2.28. The fourth-order valence-corrected chi connectivity index (χ4v) is 4.07. The number of hydrogen-bond acceptors (Lipinski definition) is 7. The molecule has 0 fully saturated rings. The maximum absolute atomic E-state index is 13.2. The number of benzene rings is 1. The van der Waals surface area contributed by atoms with E-state index in [0.29, 0.717) is 39.3 Å². The van der Waals surface area contributed by atoms with Crippen LogP contribution >= 0.6 is 0 Å². The summed E-state index contributed by atoms with van der Waals surface area (Å²) in [5, 5.41) is 12.4. The Bertz CT molecular complexity index is 1860. The van der Waals surface area contributed by atoms with Crippen molar-refractivity contribution in [3.05, 3.63) is 87.3 Å². The SMILES string of the molecule is CC(=O)Nc1ccc(-c2ccc3ncc4c(=O)[nH]c(=O)n(-c5cccc(C(C)(C)C#N)c5)c4c3n2)cn1. The van der Waals surface area contributed by atoms with Gasteiger partial charge in [0.15, 0.2) is 0 Å². The van der Waals surface area contributed by atoms with Crippen LogP contribution in [0.5, 0.6) is 0 Å². The molecule has 0 aliphatic heterocycles. The number of nitrogens with one attached hydrogen (secondary N) is 2. The number of pyridine rings is 3. The van der Waals surface area contributed by atoms with Crippen LogP contribution in [0.2, 0.25) is 0 Å². The van der Waals surface area contributed by atoms with Crippen molar-refractivity contribution in [2.45, 2.75) is 26.2 Å². The second-order valence-corrected chi connectivity index (χ2v) is 9.08. The monoisotopic (exact) mass is 491 g/mol. The van der Waals surface area contributed by atoms with Gasteiger partial charge in [-0.2, -0.15) is 5.26 Å². The van der Waals surface area contributed by atoms with E-state index in [1.54, 1.807) is 62.5 Å². The number of amides is 1. The number of carbonyl (C=O) groups is 1. The number of rotatable bonds is 4. The highest BCUT2D eigenvalue weighted by Gasteiger charge is 2.21. The molecule has 0 bridgehead atoms. The van der Waals surface area contributed by atoms with Crippen molar-refractivity contribution in [1.82, 2.24) is 24.5 Å². The highest BCUT2D eigenvalue weighted by atomic mass is 16.2. The molecule has 1 amide bonds. The van der Waals surface area contributed by atoms with Crippen LogP contribution in [0, 0.1) is 11.3 Å². The molecule has 4 aromatic heterocycles. The maximum Gasteiger partial charge on any atom is 0.333 e. The van der Waals surface area contributed by atoms with Crippen molar-refractivity contribution >= 4 is 33.7 Å². The van der Waals surface area contributed by atoms with Crippen molar-refractivity contribution in [2.75, 3.05) is 5.32 Å². The standard InChI is InChI=1S/C27H21N7O3/c1-15(35)31-22-10-7-16(12-30-22)20-8-9-21-23(32-20)24-19(13-29-21)25(36)33-26(37)34(24)18-6-4-5-17(11-18)27(2,3)14-28/h4-13H,1-3H3,(H,30,31,35)(H,33,36,37). The fraction of sp³-hybridized carbons (Fsp3) is 0.148. The molecule has 0 unspecified atom stereocenters. The Morgan fingerprint density at radius 3 is 2.59 bits per heavy atom. The minimum atomic E-state index is -0.789. The Balaban J connectivity index is 1.78. The van der Waals surface area contributed by atoms with Gasteiger partial charge in [0, 0.05) is 24.9 Å². The number of carbonyl (C=O) groups excluding carboxylic acids is 1. The van der Waals surface area contributed by atoms with Gasteiger partial charge in [-0.25, -0.2) is 14.8 Å². The number of nitriles is 1. The molecule has 2 N–H and O–H groups in total. The van der Waals surface area contributed by atoms with Gasteiger partial charge in [0.1, 0.15) is 11.3 Å². The first-order valence-electron chi connectivity index (χ1n) is 11.4. The Morgan fingerprint density at radius 1 is 1.08 bits per heavy atom. The molecule has 5 aromatic rings. The van der Waals surface area contributed by atoms with E-state index in [-0.39, 0.29) is 11.3 Å². The first-order chi connectivity index (χ1) is 17.7. The summed E-state index contributed by atoms with van der Waals surface area (Å²) in [6.07, 6.45) is 2.99. The number of anilines is 1. The van der Waals surface area contributed by atoms with Gasteiger partial charge < -0.3 is 5.32 Å². The predicted molar refractivity (Wildman–Crippen MR) is 139 cm³/mol. The second-order valence-electron chi connectivity index (χ2n) is 9.08. The molecule has 10 nitrogen and oxygen atoms in total. The van der Waals surface area contributed by atoms with Crippen molar-refractivity contribution < 1.29 is 4.79 Å². The lowest BCUT2D eigenvalue weighted by molar-refractivity contribution is -0.114. The summed E-state index contributed by atoms with van der Waals surface area (Å²) >= 11 is 0. The molecule has 0 spiro atoms. The van der Waals surface area contributed by atoms with Gasteiger partial charge in [-0.3, -0.25) is 24.1 Å². The third kappa shape index (κ3) is 4.23. The number of fused-ring (bicyclic) bond motifs is 3. The Labute approximate surface area is 210 Å². The number of hydrogen-bond donors (Lipinski definition) is 2. The molecule has 0 radical (unpaired) electrons. The van der Waals surface area contributed by atoms with Gasteiger partial charge >= 0.3 is 5.69 Å². The third-order valence-corrected chi connectivity index (χ3v) is 6.05. The second kappa shape index (κ2) is 8.80. The highest BCUT2D eigenvalue weighted by molar-refractivity contribution is 6.01. The van der Waals surface area contributed by atoms with Gasteiger partial charge in [0.2, 0.25) is 5.91 Å². The zero-order valence-corrected chi connectivity index (χ0v) is 20.2. The van der Waals surface area contributed by atoms with Gasteiger partial charge in [0.05, 0.1) is 39.3 Å². The summed E-state index contributed by atoms with van der Waals surface area (Å²) in [5.74, 6) is 0.178. The molecule has 4 heterocycles. The zero-order valence-electron chi connectivity index (χ0n) is 20.2. The quantitative estimate of drug-likeness (QED) is 0.366. The van der Waals surface area contributed by atoms with Crippen LogP contribution in [0.3, 0.4) is 0 Å². The lowest BCUT2D eigenvalue weighted by Crippen LogP contribution is -2.30. The normalized spacial score (nSPS) is 11.4. The zero-order chi connectivity index (χ0) is 26.3. The predicted octanol–water partition coefficient (Wildman–Crippen LogP) is 3.44. The summed E-state index contributed by atoms with van der Waals surface area (Å²) in [6, 6.07) is 16.3. The molecule has 1 aromatic carbocycles. The summed E-state index contributed by atoms with van der Waals surface area (Å²) < 4.78 is 1.38. The van der Waals surface area contributed by atoms with Crippen LogP contribution in [0.1, 0.15) is 26.3 Å². The topological polar surface area (TPSA) is 146 Å². The van der Waals surface area contributed by atoms with Crippen molar-refractivity contribution in [1.29, 1.82) is 5.26 Å². The summed E-state index contributed by atoms with van der Waals surface area (Å²) in [7, 11) is 0. The fourth-order valence-electron chi connectivity index (χ4n) is 4.07.